The Hall–Kier alpha value is -1.50. The van der Waals surface area contributed by atoms with E-state index in [4.69, 9.17) is 11.5 Å². The van der Waals surface area contributed by atoms with Crippen LogP contribution < -0.4 is 5.32 Å². The van der Waals surface area contributed by atoms with Crippen molar-refractivity contribution in [2.45, 2.75) is 19.3 Å². The molecule has 1 rings (SSSR count). The summed E-state index contributed by atoms with van der Waals surface area (Å²) in [5.41, 5.74) is -1.14. The molecule has 2 N–H and O–H groups in total. The minimum absolute atomic E-state index is 0.352. The minimum Gasteiger partial charge on any atom is -0.480 e. The van der Waals surface area contributed by atoms with Gasteiger partial charge in [0.1, 0.15) is 5.41 Å². The molecule has 1 fully saturated rings. The smallest absolute Gasteiger partial charge is 0.319 e. The van der Waals surface area contributed by atoms with Crippen molar-refractivity contribution in [1.29, 1.82) is 0 Å². The highest BCUT2D eigenvalue weighted by molar-refractivity contribution is 6.04. The summed E-state index contributed by atoms with van der Waals surface area (Å²) < 4.78 is 0. The summed E-state index contributed by atoms with van der Waals surface area (Å²) in [7, 11) is 0. The van der Waals surface area contributed by atoms with Gasteiger partial charge >= 0.3 is 5.97 Å². The number of hydrogen-bond acceptors (Lipinski definition) is 2. The van der Waals surface area contributed by atoms with Gasteiger partial charge in [0.25, 0.3) is 0 Å². The highest BCUT2D eigenvalue weighted by Crippen LogP contribution is 2.45. The molecule has 0 spiro atoms. The van der Waals surface area contributed by atoms with Crippen molar-refractivity contribution in [3.05, 3.63) is 0 Å². The average molecular weight is 181 g/mol. The van der Waals surface area contributed by atoms with Crippen LogP contribution in [0.15, 0.2) is 0 Å². The van der Waals surface area contributed by atoms with E-state index in [2.05, 4.69) is 11.2 Å². The molecule has 0 radical (unpaired) electrons. The van der Waals surface area contributed by atoms with Gasteiger partial charge in [-0.3, -0.25) is 9.59 Å². The quantitative estimate of drug-likeness (QED) is 0.364. The number of carbonyl (C=O) groups excluding carboxylic acids is 1. The van der Waals surface area contributed by atoms with Crippen molar-refractivity contribution < 1.29 is 14.7 Å². The molecule has 0 unspecified atom stereocenters. The summed E-state index contributed by atoms with van der Waals surface area (Å²) in [5, 5.41) is 11.2. The number of terminal acetylenes is 1. The SMILES string of the molecule is C#CCCNC(=O)C1(C(=O)O)CC1. The van der Waals surface area contributed by atoms with Gasteiger partial charge < -0.3 is 10.4 Å². The number of rotatable bonds is 4. The van der Waals surface area contributed by atoms with Gasteiger partial charge in [0.15, 0.2) is 0 Å². The Kier molecular flexibility index (Phi) is 2.57. The predicted molar refractivity (Wildman–Crippen MR) is 45.8 cm³/mol. The highest BCUT2D eigenvalue weighted by Gasteiger charge is 2.56. The fourth-order valence-electron chi connectivity index (χ4n) is 1.08. The van der Waals surface area contributed by atoms with Crippen molar-refractivity contribution in [2.75, 3.05) is 6.54 Å². The van der Waals surface area contributed by atoms with Crippen molar-refractivity contribution in [2.24, 2.45) is 5.41 Å². The molecule has 1 saturated carbocycles. The average Bonchev–Trinajstić information content (AvgIpc) is 2.84. The molecular formula is C9H11NO3. The van der Waals surface area contributed by atoms with Gasteiger partial charge in [-0.15, -0.1) is 12.3 Å². The second-order valence-corrected chi connectivity index (χ2v) is 3.10. The standard InChI is InChI=1S/C9H11NO3/c1-2-3-6-10-7(11)9(4-5-9)8(12)13/h1H,3-6H2,(H,10,11)(H,12,13). The first kappa shape index (κ1) is 9.59. The van der Waals surface area contributed by atoms with E-state index in [1.807, 2.05) is 0 Å². The Bertz CT molecular complexity index is 273. The number of aliphatic carboxylic acids is 1. The van der Waals surface area contributed by atoms with Crippen LogP contribution in [0.25, 0.3) is 0 Å². The molecule has 0 aromatic heterocycles. The molecule has 4 nitrogen and oxygen atoms in total. The van der Waals surface area contributed by atoms with Gasteiger partial charge in [-0.05, 0) is 12.8 Å². The first-order valence-electron chi connectivity index (χ1n) is 4.08. The highest BCUT2D eigenvalue weighted by atomic mass is 16.4. The molecule has 0 saturated heterocycles. The van der Waals surface area contributed by atoms with Crippen molar-refractivity contribution >= 4 is 11.9 Å². The van der Waals surface area contributed by atoms with E-state index < -0.39 is 17.3 Å². The zero-order valence-corrected chi connectivity index (χ0v) is 7.17. The van der Waals surface area contributed by atoms with Crippen molar-refractivity contribution in [3.63, 3.8) is 0 Å². The Balaban J connectivity index is 2.41. The van der Waals surface area contributed by atoms with Crippen LogP contribution in [-0.4, -0.2) is 23.5 Å². The molecule has 0 aromatic rings. The lowest BCUT2D eigenvalue weighted by Gasteiger charge is -2.08. The zero-order valence-electron chi connectivity index (χ0n) is 7.17. The third-order valence-electron chi connectivity index (χ3n) is 2.15. The van der Waals surface area contributed by atoms with Crippen LogP contribution in [0.4, 0.5) is 0 Å². The van der Waals surface area contributed by atoms with Gasteiger partial charge in [-0.1, -0.05) is 0 Å². The van der Waals surface area contributed by atoms with E-state index in [1.54, 1.807) is 0 Å². The molecule has 0 aliphatic heterocycles. The summed E-state index contributed by atoms with van der Waals surface area (Å²) in [6.45, 7) is 0.352. The zero-order chi connectivity index (χ0) is 9.90. The van der Waals surface area contributed by atoms with Crippen LogP contribution in [0, 0.1) is 17.8 Å². The maximum absolute atomic E-state index is 11.3. The molecule has 1 amide bonds. The van der Waals surface area contributed by atoms with E-state index in [1.165, 1.54) is 0 Å². The lowest BCUT2D eigenvalue weighted by atomic mass is 10.1. The molecule has 0 aromatic carbocycles. The number of carboxylic acid groups (broad SMARTS) is 1. The summed E-state index contributed by atoms with van der Waals surface area (Å²) in [6.07, 6.45) is 6.28. The van der Waals surface area contributed by atoms with Crippen molar-refractivity contribution in [1.82, 2.24) is 5.32 Å². The summed E-state index contributed by atoms with van der Waals surface area (Å²) in [6, 6.07) is 0. The van der Waals surface area contributed by atoms with Crippen LogP contribution in [0.5, 0.6) is 0 Å². The number of carbonyl (C=O) groups is 2. The molecule has 0 heterocycles. The number of amides is 1. The van der Waals surface area contributed by atoms with Gasteiger partial charge in [-0.25, -0.2) is 0 Å². The van der Waals surface area contributed by atoms with Gasteiger partial charge in [0, 0.05) is 13.0 Å². The van der Waals surface area contributed by atoms with Crippen LogP contribution in [0.1, 0.15) is 19.3 Å². The van der Waals surface area contributed by atoms with Crippen LogP contribution >= 0.6 is 0 Å². The number of nitrogens with one attached hydrogen (secondary N) is 1. The van der Waals surface area contributed by atoms with E-state index in [-0.39, 0.29) is 0 Å². The third-order valence-corrected chi connectivity index (χ3v) is 2.15. The predicted octanol–water partition coefficient (Wildman–Crippen LogP) is -0.00930. The molecule has 0 bridgehead atoms. The molecule has 1 aliphatic carbocycles. The lowest BCUT2D eigenvalue weighted by Crippen LogP contribution is -2.37. The van der Waals surface area contributed by atoms with E-state index >= 15 is 0 Å². The molecular weight excluding hydrogens is 170 g/mol. The van der Waals surface area contributed by atoms with E-state index in [0.29, 0.717) is 25.8 Å². The number of carboxylic acids is 1. The second-order valence-electron chi connectivity index (χ2n) is 3.10. The number of hydrogen-bond donors (Lipinski definition) is 2. The second kappa shape index (κ2) is 3.48. The van der Waals surface area contributed by atoms with Crippen LogP contribution in [-0.2, 0) is 9.59 Å². The Morgan fingerprint density at radius 2 is 2.15 bits per heavy atom. The largest absolute Gasteiger partial charge is 0.480 e. The third kappa shape index (κ3) is 1.81. The minimum atomic E-state index is -1.14. The molecule has 0 atom stereocenters. The first-order chi connectivity index (χ1) is 6.13. The van der Waals surface area contributed by atoms with Crippen LogP contribution in [0.2, 0.25) is 0 Å². The molecule has 4 heteroatoms. The summed E-state index contributed by atoms with van der Waals surface area (Å²) >= 11 is 0. The first-order valence-corrected chi connectivity index (χ1v) is 4.08. The van der Waals surface area contributed by atoms with Crippen molar-refractivity contribution in [3.8, 4) is 12.3 Å². The van der Waals surface area contributed by atoms with Gasteiger partial charge in [0.2, 0.25) is 5.91 Å². The fourth-order valence-corrected chi connectivity index (χ4v) is 1.08. The normalized spacial score (nSPS) is 17.2. The monoisotopic (exact) mass is 181 g/mol. The maximum atomic E-state index is 11.3. The van der Waals surface area contributed by atoms with E-state index in [0.717, 1.165) is 0 Å². The van der Waals surface area contributed by atoms with E-state index in [9.17, 15) is 9.59 Å². The molecule has 70 valence electrons. The lowest BCUT2D eigenvalue weighted by molar-refractivity contribution is -0.149. The van der Waals surface area contributed by atoms with Crippen LogP contribution in [0.3, 0.4) is 0 Å². The fraction of sp³-hybridized carbons (Fsp3) is 0.556. The summed E-state index contributed by atoms with van der Waals surface area (Å²) in [4.78, 5) is 21.9. The topological polar surface area (TPSA) is 66.4 Å². The van der Waals surface area contributed by atoms with Gasteiger partial charge in [0.05, 0.1) is 0 Å². The Morgan fingerprint density at radius 3 is 2.54 bits per heavy atom. The Morgan fingerprint density at radius 1 is 1.54 bits per heavy atom. The van der Waals surface area contributed by atoms with Gasteiger partial charge in [-0.2, -0.15) is 0 Å². The maximum Gasteiger partial charge on any atom is 0.319 e. The molecule has 1 aliphatic rings. The summed E-state index contributed by atoms with van der Waals surface area (Å²) in [5.74, 6) is 0.918. The molecule has 13 heavy (non-hydrogen) atoms. The Labute approximate surface area is 76.3 Å².